The molecule has 1 unspecified atom stereocenters. The highest BCUT2D eigenvalue weighted by atomic mass is 16.2. The summed E-state index contributed by atoms with van der Waals surface area (Å²) in [6, 6.07) is 8.53. The van der Waals surface area contributed by atoms with Gasteiger partial charge in [-0.2, -0.15) is 0 Å². The summed E-state index contributed by atoms with van der Waals surface area (Å²) in [5, 5.41) is 8.98. The summed E-state index contributed by atoms with van der Waals surface area (Å²) in [7, 11) is 3.54. The van der Waals surface area contributed by atoms with Crippen LogP contribution >= 0.6 is 0 Å². The third-order valence-corrected chi connectivity index (χ3v) is 4.19. The van der Waals surface area contributed by atoms with Gasteiger partial charge in [-0.1, -0.05) is 12.1 Å². The van der Waals surface area contributed by atoms with Gasteiger partial charge in [0.15, 0.2) is 0 Å². The molecule has 1 heterocycles. The van der Waals surface area contributed by atoms with Gasteiger partial charge in [-0.25, -0.2) is 0 Å². The molecule has 0 saturated carbocycles. The third-order valence-electron chi connectivity index (χ3n) is 4.19. The van der Waals surface area contributed by atoms with Crippen LogP contribution in [-0.4, -0.2) is 54.1 Å². The van der Waals surface area contributed by atoms with Crippen LogP contribution < -0.4 is 0 Å². The van der Waals surface area contributed by atoms with E-state index in [1.165, 1.54) is 18.4 Å². The monoisotopic (exact) mass is 290 g/mol. The Morgan fingerprint density at radius 2 is 2.05 bits per heavy atom. The smallest absolute Gasteiger partial charge is 0.253 e. The molecule has 0 aliphatic carbocycles. The van der Waals surface area contributed by atoms with Crippen LogP contribution in [0.2, 0.25) is 0 Å². The SMILES string of the molecule is CN(C)C(=O)c1ccc(CN2CCCC2CCCO)cc1. The second-order valence-electron chi connectivity index (χ2n) is 6.03. The summed E-state index contributed by atoms with van der Waals surface area (Å²) in [6.45, 7) is 2.35. The highest BCUT2D eigenvalue weighted by Gasteiger charge is 2.23. The van der Waals surface area contributed by atoms with Crippen LogP contribution in [0.15, 0.2) is 24.3 Å². The molecule has 0 aromatic heterocycles. The number of hydrogen-bond donors (Lipinski definition) is 1. The molecule has 2 rings (SSSR count). The minimum atomic E-state index is 0.0449. The second kappa shape index (κ2) is 7.57. The number of aliphatic hydroxyl groups excluding tert-OH is 1. The summed E-state index contributed by atoms with van der Waals surface area (Å²) in [5.74, 6) is 0.0449. The fourth-order valence-electron chi connectivity index (χ4n) is 3.00. The Labute approximate surface area is 127 Å². The van der Waals surface area contributed by atoms with Crippen LogP contribution in [0.4, 0.5) is 0 Å². The average Bonchev–Trinajstić information content (AvgIpc) is 2.92. The number of amides is 1. The first-order chi connectivity index (χ1) is 10.1. The minimum absolute atomic E-state index is 0.0449. The van der Waals surface area contributed by atoms with Gasteiger partial charge in [-0.3, -0.25) is 9.69 Å². The lowest BCUT2D eigenvalue weighted by atomic mass is 10.1. The van der Waals surface area contributed by atoms with Gasteiger partial charge < -0.3 is 10.0 Å². The summed E-state index contributed by atoms with van der Waals surface area (Å²) in [6.07, 6.45) is 4.44. The fraction of sp³-hybridized carbons (Fsp3) is 0.588. The van der Waals surface area contributed by atoms with Crippen molar-refractivity contribution >= 4 is 5.91 Å². The molecule has 1 amide bonds. The van der Waals surface area contributed by atoms with Crippen LogP contribution in [0.3, 0.4) is 0 Å². The molecule has 1 aromatic rings. The zero-order valence-corrected chi connectivity index (χ0v) is 13.1. The van der Waals surface area contributed by atoms with Crippen molar-refractivity contribution in [2.45, 2.75) is 38.3 Å². The van der Waals surface area contributed by atoms with Crippen molar-refractivity contribution in [3.05, 3.63) is 35.4 Å². The number of likely N-dealkylation sites (tertiary alicyclic amines) is 1. The maximum atomic E-state index is 11.9. The Kier molecular flexibility index (Phi) is 5.76. The van der Waals surface area contributed by atoms with Gasteiger partial charge in [-0.05, 0) is 49.9 Å². The molecule has 0 radical (unpaired) electrons. The largest absolute Gasteiger partial charge is 0.396 e. The molecule has 21 heavy (non-hydrogen) atoms. The Bertz CT molecular complexity index is 456. The maximum absolute atomic E-state index is 11.9. The van der Waals surface area contributed by atoms with E-state index in [1.54, 1.807) is 19.0 Å². The van der Waals surface area contributed by atoms with Gasteiger partial charge in [-0.15, -0.1) is 0 Å². The van der Waals surface area contributed by atoms with Crippen molar-refractivity contribution in [1.82, 2.24) is 9.80 Å². The molecule has 4 nitrogen and oxygen atoms in total. The maximum Gasteiger partial charge on any atom is 0.253 e. The number of aliphatic hydroxyl groups is 1. The molecule has 0 spiro atoms. The van der Waals surface area contributed by atoms with E-state index in [-0.39, 0.29) is 12.5 Å². The first kappa shape index (κ1) is 16.0. The third kappa shape index (κ3) is 4.29. The van der Waals surface area contributed by atoms with E-state index in [2.05, 4.69) is 17.0 Å². The van der Waals surface area contributed by atoms with Crippen LogP contribution in [0.1, 0.15) is 41.6 Å². The van der Waals surface area contributed by atoms with E-state index in [0.29, 0.717) is 6.04 Å². The quantitative estimate of drug-likeness (QED) is 0.873. The molecular weight excluding hydrogens is 264 g/mol. The van der Waals surface area contributed by atoms with Crippen LogP contribution in [0.5, 0.6) is 0 Å². The lowest BCUT2D eigenvalue weighted by Gasteiger charge is -2.24. The van der Waals surface area contributed by atoms with E-state index in [1.807, 2.05) is 12.1 Å². The predicted molar refractivity (Wildman–Crippen MR) is 84.2 cm³/mol. The molecule has 1 fully saturated rings. The number of carbonyl (C=O) groups excluding carboxylic acids is 1. The van der Waals surface area contributed by atoms with E-state index >= 15 is 0 Å². The van der Waals surface area contributed by atoms with E-state index in [0.717, 1.165) is 31.5 Å². The Morgan fingerprint density at radius 1 is 1.33 bits per heavy atom. The zero-order valence-electron chi connectivity index (χ0n) is 13.1. The molecule has 116 valence electrons. The first-order valence-electron chi connectivity index (χ1n) is 7.77. The lowest BCUT2D eigenvalue weighted by Crippen LogP contribution is -2.29. The van der Waals surface area contributed by atoms with Crippen LogP contribution in [0, 0.1) is 0 Å². The van der Waals surface area contributed by atoms with Crippen molar-refractivity contribution in [2.75, 3.05) is 27.2 Å². The Hall–Kier alpha value is -1.39. The van der Waals surface area contributed by atoms with Gasteiger partial charge >= 0.3 is 0 Å². The number of carbonyl (C=O) groups is 1. The normalized spacial score (nSPS) is 18.9. The van der Waals surface area contributed by atoms with E-state index in [9.17, 15) is 4.79 Å². The average molecular weight is 290 g/mol. The topological polar surface area (TPSA) is 43.8 Å². The summed E-state index contributed by atoms with van der Waals surface area (Å²) < 4.78 is 0. The molecule has 1 aliphatic heterocycles. The molecule has 1 atom stereocenters. The van der Waals surface area contributed by atoms with E-state index in [4.69, 9.17) is 5.11 Å². The fourth-order valence-corrected chi connectivity index (χ4v) is 3.00. The summed E-state index contributed by atoms with van der Waals surface area (Å²) in [4.78, 5) is 16.0. The van der Waals surface area contributed by atoms with Gasteiger partial charge in [0.25, 0.3) is 5.91 Å². The molecule has 0 bridgehead atoms. The molecule has 1 N–H and O–H groups in total. The molecule has 1 saturated heterocycles. The van der Waals surface area contributed by atoms with Gasteiger partial charge in [0.2, 0.25) is 0 Å². The van der Waals surface area contributed by atoms with Crippen LogP contribution in [-0.2, 0) is 6.54 Å². The Morgan fingerprint density at radius 3 is 2.67 bits per heavy atom. The molecule has 4 heteroatoms. The molecule has 1 aliphatic rings. The van der Waals surface area contributed by atoms with Crippen molar-refractivity contribution in [3.63, 3.8) is 0 Å². The van der Waals surface area contributed by atoms with Gasteiger partial charge in [0.05, 0.1) is 0 Å². The number of benzene rings is 1. The lowest BCUT2D eigenvalue weighted by molar-refractivity contribution is 0.0827. The number of hydrogen-bond acceptors (Lipinski definition) is 3. The van der Waals surface area contributed by atoms with Gasteiger partial charge in [0.1, 0.15) is 0 Å². The molecular formula is C17H26N2O2. The molecule has 1 aromatic carbocycles. The number of nitrogens with zero attached hydrogens (tertiary/aromatic N) is 2. The standard InChI is InChI=1S/C17H26N2O2/c1-18(2)17(21)15-9-7-14(8-10-15)13-19-11-3-5-16(19)6-4-12-20/h7-10,16,20H,3-6,11-13H2,1-2H3. The second-order valence-corrected chi connectivity index (χ2v) is 6.03. The predicted octanol–water partition coefficient (Wildman–Crippen LogP) is 2.13. The van der Waals surface area contributed by atoms with Crippen molar-refractivity contribution in [3.8, 4) is 0 Å². The van der Waals surface area contributed by atoms with Crippen molar-refractivity contribution < 1.29 is 9.90 Å². The minimum Gasteiger partial charge on any atom is -0.396 e. The van der Waals surface area contributed by atoms with Crippen molar-refractivity contribution in [2.24, 2.45) is 0 Å². The summed E-state index contributed by atoms with van der Waals surface area (Å²) >= 11 is 0. The summed E-state index contributed by atoms with van der Waals surface area (Å²) in [5.41, 5.74) is 1.99. The number of rotatable bonds is 6. The zero-order chi connectivity index (χ0) is 15.2. The van der Waals surface area contributed by atoms with Crippen LogP contribution in [0.25, 0.3) is 0 Å². The Balaban J connectivity index is 1.95. The highest BCUT2D eigenvalue weighted by molar-refractivity contribution is 5.93. The first-order valence-corrected chi connectivity index (χ1v) is 7.77. The highest BCUT2D eigenvalue weighted by Crippen LogP contribution is 2.23. The van der Waals surface area contributed by atoms with Crippen molar-refractivity contribution in [1.29, 1.82) is 0 Å². The van der Waals surface area contributed by atoms with Gasteiger partial charge in [0, 0.05) is 38.9 Å². The van der Waals surface area contributed by atoms with E-state index < -0.39 is 0 Å².